The van der Waals surface area contributed by atoms with E-state index in [4.69, 9.17) is 4.52 Å². The molecule has 0 spiro atoms. The molecule has 7 heteroatoms. The van der Waals surface area contributed by atoms with Gasteiger partial charge in [-0.15, -0.1) is 0 Å². The Bertz CT molecular complexity index is 696. The Morgan fingerprint density at radius 1 is 1.46 bits per heavy atom. The zero-order valence-corrected chi connectivity index (χ0v) is 14.0. The number of aliphatic hydroxyl groups is 1. The lowest BCUT2D eigenvalue weighted by atomic mass is 10.0. The van der Waals surface area contributed by atoms with Crippen molar-refractivity contribution in [1.82, 2.24) is 15.5 Å². The standard InChI is InChI=1S/C17H22N4O3/c1-12-14(13(2)24-20-12)9-16(22)19-10-17(23)6-8-21(11-17)15-5-3-4-7-18-15/h3-5,7,23H,6,8-11H2,1-2H3,(H,19,22)/t17-/m0/s1. The van der Waals surface area contributed by atoms with E-state index in [-0.39, 0.29) is 18.9 Å². The van der Waals surface area contributed by atoms with Crippen LogP contribution in [0.4, 0.5) is 5.82 Å². The van der Waals surface area contributed by atoms with E-state index < -0.39 is 5.60 Å². The highest BCUT2D eigenvalue weighted by Gasteiger charge is 2.36. The van der Waals surface area contributed by atoms with Gasteiger partial charge in [-0.3, -0.25) is 4.79 Å². The number of hydrogen-bond donors (Lipinski definition) is 2. The lowest BCUT2D eigenvalue weighted by Crippen LogP contribution is -2.45. The van der Waals surface area contributed by atoms with E-state index in [9.17, 15) is 9.90 Å². The van der Waals surface area contributed by atoms with E-state index in [2.05, 4.69) is 15.5 Å². The molecule has 1 saturated heterocycles. The molecule has 0 bridgehead atoms. The van der Waals surface area contributed by atoms with Crippen LogP contribution in [0.25, 0.3) is 0 Å². The lowest BCUT2D eigenvalue weighted by Gasteiger charge is -2.24. The third kappa shape index (κ3) is 3.56. The van der Waals surface area contributed by atoms with Crippen molar-refractivity contribution >= 4 is 11.7 Å². The molecule has 1 fully saturated rings. The van der Waals surface area contributed by atoms with Gasteiger partial charge in [-0.25, -0.2) is 4.98 Å². The molecule has 2 aromatic heterocycles. The van der Waals surface area contributed by atoms with Gasteiger partial charge in [0.1, 0.15) is 17.2 Å². The second-order valence-electron chi connectivity index (χ2n) is 6.34. The first-order chi connectivity index (χ1) is 11.5. The molecule has 1 amide bonds. The zero-order valence-electron chi connectivity index (χ0n) is 14.0. The summed E-state index contributed by atoms with van der Waals surface area (Å²) in [4.78, 5) is 18.5. The highest BCUT2D eigenvalue weighted by molar-refractivity contribution is 5.79. The van der Waals surface area contributed by atoms with E-state index >= 15 is 0 Å². The van der Waals surface area contributed by atoms with Crippen molar-refractivity contribution in [2.75, 3.05) is 24.5 Å². The first kappa shape index (κ1) is 16.4. The van der Waals surface area contributed by atoms with Crippen LogP contribution < -0.4 is 10.2 Å². The number of anilines is 1. The molecule has 24 heavy (non-hydrogen) atoms. The maximum atomic E-state index is 12.1. The summed E-state index contributed by atoms with van der Waals surface area (Å²) in [7, 11) is 0. The van der Waals surface area contributed by atoms with Gasteiger partial charge in [0.2, 0.25) is 5.91 Å². The molecular weight excluding hydrogens is 308 g/mol. The molecule has 128 valence electrons. The fraction of sp³-hybridized carbons (Fsp3) is 0.471. The number of carbonyl (C=O) groups is 1. The second-order valence-corrected chi connectivity index (χ2v) is 6.34. The molecule has 2 N–H and O–H groups in total. The van der Waals surface area contributed by atoms with Crippen molar-refractivity contribution in [3.8, 4) is 0 Å². The van der Waals surface area contributed by atoms with Crippen molar-refractivity contribution in [2.45, 2.75) is 32.3 Å². The lowest BCUT2D eigenvalue weighted by molar-refractivity contribution is -0.121. The Morgan fingerprint density at radius 2 is 2.29 bits per heavy atom. The normalized spacial score (nSPS) is 20.4. The molecule has 0 unspecified atom stereocenters. The third-order valence-electron chi connectivity index (χ3n) is 4.44. The van der Waals surface area contributed by atoms with Crippen LogP contribution in [0.15, 0.2) is 28.9 Å². The summed E-state index contributed by atoms with van der Waals surface area (Å²) in [5.74, 6) is 1.35. The van der Waals surface area contributed by atoms with Gasteiger partial charge in [-0.1, -0.05) is 11.2 Å². The van der Waals surface area contributed by atoms with Crippen molar-refractivity contribution < 1.29 is 14.4 Å². The number of carbonyl (C=O) groups excluding carboxylic acids is 1. The van der Waals surface area contributed by atoms with Gasteiger partial charge < -0.3 is 19.8 Å². The van der Waals surface area contributed by atoms with Crippen LogP contribution in [-0.4, -0.2) is 46.4 Å². The molecule has 2 aromatic rings. The molecule has 1 atom stereocenters. The highest BCUT2D eigenvalue weighted by Crippen LogP contribution is 2.24. The summed E-state index contributed by atoms with van der Waals surface area (Å²) in [6, 6.07) is 5.70. The Balaban J connectivity index is 1.54. The molecule has 0 aliphatic carbocycles. The Kier molecular flexibility index (Phi) is 4.53. The topological polar surface area (TPSA) is 91.5 Å². The third-order valence-corrected chi connectivity index (χ3v) is 4.44. The van der Waals surface area contributed by atoms with Crippen LogP contribution in [0.5, 0.6) is 0 Å². The van der Waals surface area contributed by atoms with Gasteiger partial charge in [0.15, 0.2) is 0 Å². The maximum absolute atomic E-state index is 12.1. The average Bonchev–Trinajstić information content (AvgIpc) is 3.12. The molecule has 0 radical (unpaired) electrons. The van der Waals surface area contributed by atoms with E-state index in [1.165, 1.54) is 0 Å². The van der Waals surface area contributed by atoms with Gasteiger partial charge in [-0.2, -0.15) is 0 Å². The predicted octanol–water partition coefficient (Wildman–Crippen LogP) is 0.987. The number of amides is 1. The number of aryl methyl sites for hydroxylation is 2. The van der Waals surface area contributed by atoms with Crippen LogP contribution in [-0.2, 0) is 11.2 Å². The molecule has 0 saturated carbocycles. The highest BCUT2D eigenvalue weighted by atomic mass is 16.5. The van der Waals surface area contributed by atoms with Crippen molar-refractivity contribution in [2.24, 2.45) is 0 Å². The summed E-state index contributed by atoms with van der Waals surface area (Å²) in [5, 5.41) is 17.4. The smallest absolute Gasteiger partial charge is 0.224 e. The van der Waals surface area contributed by atoms with E-state index in [0.717, 1.165) is 17.1 Å². The number of pyridine rings is 1. The molecule has 3 rings (SSSR count). The van der Waals surface area contributed by atoms with Gasteiger partial charge in [0.25, 0.3) is 0 Å². The summed E-state index contributed by atoms with van der Waals surface area (Å²) in [6.07, 6.45) is 2.54. The van der Waals surface area contributed by atoms with Gasteiger partial charge in [0, 0.05) is 31.4 Å². The van der Waals surface area contributed by atoms with Gasteiger partial charge in [-0.05, 0) is 32.4 Å². The predicted molar refractivity (Wildman–Crippen MR) is 88.7 cm³/mol. The number of rotatable bonds is 5. The van der Waals surface area contributed by atoms with Crippen LogP contribution in [0.3, 0.4) is 0 Å². The Morgan fingerprint density at radius 3 is 2.96 bits per heavy atom. The average molecular weight is 330 g/mol. The zero-order chi connectivity index (χ0) is 17.2. The van der Waals surface area contributed by atoms with Crippen LogP contribution in [0.1, 0.15) is 23.4 Å². The summed E-state index contributed by atoms with van der Waals surface area (Å²) < 4.78 is 5.06. The number of nitrogens with zero attached hydrogens (tertiary/aromatic N) is 3. The monoisotopic (exact) mass is 330 g/mol. The first-order valence-electron chi connectivity index (χ1n) is 8.04. The molecule has 3 heterocycles. The van der Waals surface area contributed by atoms with Crippen molar-refractivity contribution in [3.63, 3.8) is 0 Å². The molecule has 7 nitrogen and oxygen atoms in total. The Labute approximate surface area is 140 Å². The fourth-order valence-corrected chi connectivity index (χ4v) is 2.98. The molecule has 1 aliphatic rings. The minimum atomic E-state index is -0.939. The summed E-state index contributed by atoms with van der Waals surface area (Å²) in [5.41, 5.74) is 0.593. The van der Waals surface area contributed by atoms with E-state index in [1.807, 2.05) is 30.0 Å². The Hall–Kier alpha value is -2.41. The van der Waals surface area contributed by atoms with Crippen molar-refractivity contribution in [1.29, 1.82) is 0 Å². The molecular formula is C17H22N4O3. The van der Waals surface area contributed by atoms with Crippen molar-refractivity contribution in [3.05, 3.63) is 41.4 Å². The van der Waals surface area contributed by atoms with E-state index in [0.29, 0.717) is 25.3 Å². The largest absolute Gasteiger partial charge is 0.386 e. The van der Waals surface area contributed by atoms with Crippen LogP contribution in [0, 0.1) is 13.8 Å². The number of hydrogen-bond acceptors (Lipinski definition) is 6. The fourth-order valence-electron chi connectivity index (χ4n) is 2.98. The maximum Gasteiger partial charge on any atom is 0.224 e. The van der Waals surface area contributed by atoms with Crippen LogP contribution in [0.2, 0.25) is 0 Å². The summed E-state index contributed by atoms with van der Waals surface area (Å²) in [6.45, 7) is 4.99. The minimum Gasteiger partial charge on any atom is -0.386 e. The van der Waals surface area contributed by atoms with Gasteiger partial charge >= 0.3 is 0 Å². The SMILES string of the molecule is Cc1noc(C)c1CC(=O)NC[C@@]1(O)CCN(c2ccccn2)C1. The minimum absolute atomic E-state index is 0.144. The summed E-state index contributed by atoms with van der Waals surface area (Å²) >= 11 is 0. The molecule has 0 aromatic carbocycles. The molecule has 1 aliphatic heterocycles. The van der Waals surface area contributed by atoms with Crippen LogP contribution >= 0.6 is 0 Å². The first-order valence-corrected chi connectivity index (χ1v) is 8.04. The van der Waals surface area contributed by atoms with Gasteiger partial charge in [0.05, 0.1) is 12.1 Å². The quantitative estimate of drug-likeness (QED) is 0.849. The number of β-amino-alcohol motifs (C(OH)–C–C–N with tert-alkyl or cyclic N) is 1. The second kappa shape index (κ2) is 6.60. The number of aromatic nitrogens is 2. The number of nitrogens with one attached hydrogen (secondary N) is 1. The van der Waals surface area contributed by atoms with E-state index in [1.54, 1.807) is 13.1 Å².